The number of carboxylic acids is 1. The lowest BCUT2D eigenvalue weighted by atomic mass is 9.72. The summed E-state index contributed by atoms with van der Waals surface area (Å²) in [5, 5.41) is 10.7. The van der Waals surface area contributed by atoms with Crippen molar-refractivity contribution in [3.05, 3.63) is 52.6 Å². The highest BCUT2D eigenvalue weighted by Gasteiger charge is 2.49. The Hall–Kier alpha value is -1.74. The van der Waals surface area contributed by atoms with Gasteiger partial charge in [-0.1, -0.05) is 35.9 Å². The number of fused-ring (bicyclic) bond motifs is 4. The van der Waals surface area contributed by atoms with Crippen molar-refractivity contribution in [2.24, 2.45) is 11.8 Å². The Bertz CT molecular complexity index is 752. The zero-order chi connectivity index (χ0) is 15.7. The van der Waals surface area contributed by atoms with E-state index in [9.17, 15) is 9.90 Å². The van der Waals surface area contributed by atoms with Crippen LogP contribution in [0.4, 0.5) is 5.69 Å². The van der Waals surface area contributed by atoms with Gasteiger partial charge < -0.3 is 10.0 Å². The van der Waals surface area contributed by atoms with Gasteiger partial charge in [-0.25, -0.2) is 4.79 Å². The predicted molar refractivity (Wildman–Crippen MR) is 90.2 cm³/mol. The van der Waals surface area contributed by atoms with Crippen molar-refractivity contribution in [1.29, 1.82) is 0 Å². The van der Waals surface area contributed by atoms with Crippen LogP contribution in [0.25, 0.3) is 0 Å². The zero-order valence-electron chi connectivity index (χ0n) is 12.7. The Morgan fingerprint density at radius 3 is 2.61 bits per heavy atom. The molecule has 0 saturated carbocycles. The van der Waals surface area contributed by atoms with E-state index in [1.807, 2.05) is 0 Å². The van der Waals surface area contributed by atoms with Crippen LogP contribution >= 0.6 is 11.6 Å². The van der Waals surface area contributed by atoms with E-state index >= 15 is 0 Å². The van der Waals surface area contributed by atoms with Gasteiger partial charge in [0.25, 0.3) is 0 Å². The highest BCUT2D eigenvalue weighted by atomic mass is 35.5. The molecule has 0 unspecified atom stereocenters. The third kappa shape index (κ3) is 1.74. The van der Waals surface area contributed by atoms with Crippen molar-refractivity contribution in [2.75, 3.05) is 11.4 Å². The van der Waals surface area contributed by atoms with Gasteiger partial charge in [0.15, 0.2) is 0 Å². The van der Waals surface area contributed by atoms with Gasteiger partial charge in [0, 0.05) is 35.0 Å². The summed E-state index contributed by atoms with van der Waals surface area (Å²) in [6.07, 6.45) is 10.7. The van der Waals surface area contributed by atoms with Gasteiger partial charge in [0.05, 0.1) is 0 Å². The monoisotopic (exact) mass is 327 g/mol. The minimum Gasteiger partial charge on any atom is -0.480 e. The Morgan fingerprint density at radius 1 is 1.13 bits per heavy atom. The topological polar surface area (TPSA) is 40.5 Å². The quantitative estimate of drug-likeness (QED) is 0.794. The number of hydrogen-bond acceptors (Lipinski definition) is 2. The van der Waals surface area contributed by atoms with Crippen LogP contribution in [0.5, 0.6) is 0 Å². The van der Waals surface area contributed by atoms with Crippen LogP contribution in [0, 0.1) is 11.8 Å². The van der Waals surface area contributed by atoms with E-state index in [-0.39, 0.29) is 11.8 Å². The molecular formula is C19H18ClNO2. The lowest BCUT2D eigenvalue weighted by molar-refractivity contribution is -0.140. The van der Waals surface area contributed by atoms with Gasteiger partial charge in [-0.2, -0.15) is 0 Å². The molecule has 2 heterocycles. The number of benzene rings is 1. The Morgan fingerprint density at radius 2 is 1.83 bits per heavy atom. The molecule has 5 atom stereocenters. The smallest absolute Gasteiger partial charge is 0.326 e. The molecule has 1 aromatic rings. The fraction of sp³-hybridized carbons (Fsp3) is 0.421. The van der Waals surface area contributed by atoms with Crippen LogP contribution in [-0.4, -0.2) is 23.7 Å². The van der Waals surface area contributed by atoms with Crippen LogP contribution in [0.2, 0.25) is 5.02 Å². The molecule has 2 aliphatic carbocycles. The van der Waals surface area contributed by atoms with E-state index in [1.165, 1.54) is 11.1 Å². The zero-order valence-corrected chi connectivity index (χ0v) is 13.4. The summed E-state index contributed by atoms with van der Waals surface area (Å²) >= 11 is 6.43. The minimum atomic E-state index is -0.695. The molecule has 0 saturated heterocycles. The molecule has 0 bridgehead atoms. The van der Waals surface area contributed by atoms with Gasteiger partial charge in [-0.05, 0) is 42.0 Å². The van der Waals surface area contributed by atoms with Gasteiger partial charge >= 0.3 is 5.97 Å². The van der Waals surface area contributed by atoms with Crippen molar-refractivity contribution in [2.45, 2.75) is 30.7 Å². The molecule has 0 fully saturated rings. The van der Waals surface area contributed by atoms with Gasteiger partial charge in [-0.15, -0.1) is 0 Å². The average Bonchev–Trinajstić information content (AvgIpc) is 3.15. The summed E-state index contributed by atoms with van der Waals surface area (Å²) in [6.45, 7) is 0.833. The molecule has 0 amide bonds. The predicted octanol–water partition coefficient (Wildman–Crippen LogP) is 3.95. The number of nitrogens with zero attached hydrogens (tertiary/aromatic N) is 1. The average molecular weight is 328 g/mol. The summed E-state index contributed by atoms with van der Waals surface area (Å²) in [6, 6.07) is 3.68. The maximum absolute atomic E-state index is 12.1. The number of carbonyl (C=O) groups is 1. The van der Waals surface area contributed by atoms with E-state index in [2.05, 4.69) is 41.3 Å². The molecule has 4 heteroatoms. The highest BCUT2D eigenvalue weighted by Crippen LogP contribution is 2.55. The first-order valence-corrected chi connectivity index (χ1v) is 8.69. The van der Waals surface area contributed by atoms with Crippen LogP contribution in [0.15, 0.2) is 36.4 Å². The number of allylic oxidation sites excluding steroid dienone is 4. The first-order chi connectivity index (χ1) is 11.1. The first kappa shape index (κ1) is 13.7. The number of aliphatic carboxylic acids is 1. The number of halogens is 1. The molecule has 23 heavy (non-hydrogen) atoms. The fourth-order valence-electron chi connectivity index (χ4n) is 5.21. The standard InChI is InChI=1S/C19H18ClNO2/c20-11-7-15-12-4-1-3-10(12)9-21-17(15)16(8-11)13-5-2-6-14(13)18(21)19(22)23/h1-2,4-5,7-8,10,12-14,18H,3,6,9H2,(H,22,23)/t10-,12+,13-,14+,18-/m0/s1. The van der Waals surface area contributed by atoms with Gasteiger partial charge in [0.1, 0.15) is 6.04 Å². The number of carboxylic acid groups (broad SMARTS) is 1. The van der Waals surface area contributed by atoms with Crippen molar-refractivity contribution in [1.82, 2.24) is 0 Å². The number of anilines is 1. The molecular weight excluding hydrogens is 310 g/mol. The van der Waals surface area contributed by atoms with E-state index in [0.717, 1.165) is 30.1 Å². The molecule has 0 spiro atoms. The van der Waals surface area contributed by atoms with Crippen LogP contribution in [0.3, 0.4) is 0 Å². The van der Waals surface area contributed by atoms with Crippen molar-refractivity contribution in [3.63, 3.8) is 0 Å². The molecule has 5 rings (SSSR count). The Labute approximate surface area is 140 Å². The van der Waals surface area contributed by atoms with Crippen molar-refractivity contribution >= 4 is 23.3 Å². The summed E-state index contributed by atoms with van der Waals surface area (Å²) in [5.74, 6) is 0.468. The largest absolute Gasteiger partial charge is 0.480 e. The van der Waals surface area contributed by atoms with Crippen molar-refractivity contribution < 1.29 is 9.90 Å². The maximum atomic E-state index is 12.1. The lowest BCUT2D eigenvalue weighted by Gasteiger charge is -2.49. The molecule has 0 radical (unpaired) electrons. The summed E-state index contributed by atoms with van der Waals surface area (Å²) in [5.41, 5.74) is 3.59. The second-order valence-electron chi connectivity index (χ2n) is 7.17. The minimum absolute atomic E-state index is 0.122. The number of rotatable bonds is 1. The first-order valence-electron chi connectivity index (χ1n) is 8.31. The molecule has 2 aliphatic heterocycles. The second-order valence-corrected chi connectivity index (χ2v) is 7.61. The van der Waals surface area contributed by atoms with Gasteiger partial charge in [0.2, 0.25) is 0 Å². The summed E-state index contributed by atoms with van der Waals surface area (Å²) < 4.78 is 0. The summed E-state index contributed by atoms with van der Waals surface area (Å²) in [7, 11) is 0. The highest BCUT2D eigenvalue weighted by molar-refractivity contribution is 6.31. The molecule has 1 aromatic carbocycles. The molecule has 4 aliphatic rings. The Kier molecular flexibility index (Phi) is 2.76. The van der Waals surface area contributed by atoms with Crippen LogP contribution in [-0.2, 0) is 4.79 Å². The van der Waals surface area contributed by atoms with E-state index in [1.54, 1.807) is 0 Å². The van der Waals surface area contributed by atoms with E-state index in [4.69, 9.17) is 11.6 Å². The third-order valence-corrected chi connectivity index (χ3v) is 6.29. The third-order valence-electron chi connectivity index (χ3n) is 6.07. The normalized spacial score (nSPS) is 35.9. The lowest BCUT2D eigenvalue weighted by Crippen LogP contribution is -2.54. The molecule has 1 N–H and O–H groups in total. The summed E-state index contributed by atoms with van der Waals surface area (Å²) in [4.78, 5) is 14.2. The number of hydrogen-bond donors (Lipinski definition) is 1. The fourth-order valence-corrected chi connectivity index (χ4v) is 5.44. The van der Waals surface area contributed by atoms with E-state index < -0.39 is 12.0 Å². The SMILES string of the molecule is O=C(O)[C@@H]1[C@@H]2CC=C[C@@H]2c2cc(Cl)cc3c2N1C[C@@H]1CC=C[C@@H]31. The Balaban J connectivity index is 1.78. The second kappa shape index (κ2) is 4.64. The van der Waals surface area contributed by atoms with Crippen molar-refractivity contribution in [3.8, 4) is 0 Å². The van der Waals surface area contributed by atoms with Crippen LogP contribution in [0.1, 0.15) is 35.8 Å². The van der Waals surface area contributed by atoms with Crippen LogP contribution < -0.4 is 4.90 Å². The maximum Gasteiger partial charge on any atom is 0.326 e. The van der Waals surface area contributed by atoms with Gasteiger partial charge in [-0.3, -0.25) is 0 Å². The van der Waals surface area contributed by atoms with E-state index in [0.29, 0.717) is 11.8 Å². The molecule has 3 nitrogen and oxygen atoms in total. The molecule has 118 valence electrons. The molecule has 0 aromatic heterocycles.